The van der Waals surface area contributed by atoms with Gasteiger partial charge in [0.1, 0.15) is 23.3 Å². The fourth-order valence-electron chi connectivity index (χ4n) is 4.78. The number of aromatic nitrogens is 4. The number of hydroxylamine groups is 1. The third kappa shape index (κ3) is 6.27. The van der Waals surface area contributed by atoms with Crippen LogP contribution in [0.3, 0.4) is 0 Å². The molecule has 0 radical (unpaired) electrons. The molecule has 2 heterocycles. The molecule has 12 heteroatoms. The van der Waals surface area contributed by atoms with Crippen LogP contribution in [0.2, 0.25) is 0 Å². The van der Waals surface area contributed by atoms with E-state index < -0.39 is 5.91 Å². The second-order valence-corrected chi connectivity index (χ2v) is 9.73. The number of carbonyl (C=O) groups excluding carboxylic acids is 1. The molecule has 6 N–H and O–H groups in total. The van der Waals surface area contributed by atoms with Crippen molar-refractivity contribution in [2.24, 2.45) is 0 Å². The maximum Gasteiger partial charge on any atom is 0.274 e. The van der Waals surface area contributed by atoms with Crippen LogP contribution in [-0.2, 0) is 13.0 Å². The van der Waals surface area contributed by atoms with Crippen molar-refractivity contribution in [2.75, 3.05) is 22.9 Å². The molecule has 12 nitrogen and oxygen atoms in total. The fraction of sp³-hybridized carbons (Fsp3) is 0.161. The monoisotopic (exact) mass is 575 g/mol. The van der Waals surface area contributed by atoms with Gasteiger partial charge in [0.25, 0.3) is 11.5 Å². The SMILES string of the molecule is Cc1nc(N)nc(NCCCc2nc3cccc(NCc4ccc(C(=O)NO)cc4)c3c(=O)n2-c2ccccc2)c1C#N. The molecule has 3 aromatic carbocycles. The second-order valence-electron chi connectivity index (χ2n) is 9.73. The molecule has 0 unspecified atom stereocenters. The van der Waals surface area contributed by atoms with Gasteiger partial charge in [0.05, 0.1) is 22.3 Å². The van der Waals surface area contributed by atoms with Crippen LogP contribution in [0.15, 0.2) is 77.6 Å². The number of nitrogens with two attached hydrogens (primary N) is 1. The van der Waals surface area contributed by atoms with E-state index in [1.807, 2.05) is 48.5 Å². The molecule has 0 aliphatic heterocycles. The molecule has 0 fully saturated rings. The molecular formula is C31H29N9O3. The van der Waals surface area contributed by atoms with Gasteiger partial charge in [-0.15, -0.1) is 0 Å². The number of amides is 1. The van der Waals surface area contributed by atoms with Crippen LogP contribution < -0.4 is 27.4 Å². The molecule has 2 aromatic heterocycles. The summed E-state index contributed by atoms with van der Waals surface area (Å²) in [5.41, 5.74) is 11.1. The Bertz CT molecular complexity index is 1880. The normalized spacial score (nSPS) is 10.7. The summed E-state index contributed by atoms with van der Waals surface area (Å²) in [5.74, 6) is 0.470. The van der Waals surface area contributed by atoms with E-state index in [1.54, 1.807) is 41.2 Å². The smallest absolute Gasteiger partial charge is 0.274 e. The molecule has 1 amide bonds. The number of nitrogen functional groups attached to an aromatic ring is 1. The van der Waals surface area contributed by atoms with Gasteiger partial charge in [0, 0.05) is 30.8 Å². The first-order chi connectivity index (χ1) is 20.9. The largest absolute Gasteiger partial charge is 0.380 e. The number of nitrogens with zero attached hydrogens (tertiary/aromatic N) is 5. The zero-order valence-corrected chi connectivity index (χ0v) is 23.3. The number of hydrogen-bond acceptors (Lipinski definition) is 10. The number of nitriles is 1. The molecular weight excluding hydrogens is 546 g/mol. The van der Waals surface area contributed by atoms with Crippen LogP contribution in [0.5, 0.6) is 0 Å². The minimum Gasteiger partial charge on any atom is -0.380 e. The number of aryl methyl sites for hydroxylation is 2. The number of rotatable bonds is 10. The number of anilines is 3. The van der Waals surface area contributed by atoms with Crippen LogP contribution in [0.4, 0.5) is 17.5 Å². The zero-order chi connectivity index (χ0) is 30.3. The molecule has 0 atom stereocenters. The molecule has 0 spiro atoms. The summed E-state index contributed by atoms with van der Waals surface area (Å²) in [4.78, 5) is 38.8. The Labute approximate surface area is 246 Å². The topological polar surface area (TPSA) is 184 Å². The third-order valence-corrected chi connectivity index (χ3v) is 6.87. The number of fused-ring (bicyclic) bond motifs is 1. The van der Waals surface area contributed by atoms with Gasteiger partial charge in [-0.3, -0.25) is 19.4 Å². The summed E-state index contributed by atoms with van der Waals surface area (Å²) < 4.78 is 1.63. The maximum absolute atomic E-state index is 14.1. The van der Waals surface area contributed by atoms with Crippen molar-refractivity contribution in [3.8, 4) is 11.8 Å². The average molecular weight is 576 g/mol. The lowest BCUT2D eigenvalue weighted by molar-refractivity contribution is 0.0706. The summed E-state index contributed by atoms with van der Waals surface area (Å²) in [6.45, 7) is 2.57. The predicted molar refractivity (Wildman–Crippen MR) is 163 cm³/mol. The average Bonchev–Trinajstić information content (AvgIpc) is 3.02. The zero-order valence-electron chi connectivity index (χ0n) is 23.3. The summed E-state index contributed by atoms with van der Waals surface area (Å²) in [6, 6.07) is 23.7. The highest BCUT2D eigenvalue weighted by atomic mass is 16.5. The maximum atomic E-state index is 14.1. The minimum atomic E-state index is -0.589. The number of carbonyl (C=O) groups is 1. The van der Waals surface area contributed by atoms with E-state index in [9.17, 15) is 14.9 Å². The highest BCUT2D eigenvalue weighted by Crippen LogP contribution is 2.22. The number of para-hydroxylation sites is 1. The van der Waals surface area contributed by atoms with Crippen LogP contribution in [0, 0.1) is 18.3 Å². The quantitative estimate of drug-likeness (QED) is 0.0934. The van der Waals surface area contributed by atoms with Crippen molar-refractivity contribution in [2.45, 2.75) is 26.3 Å². The van der Waals surface area contributed by atoms with Crippen molar-refractivity contribution in [1.82, 2.24) is 25.0 Å². The van der Waals surface area contributed by atoms with Gasteiger partial charge in [-0.25, -0.2) is 15.4 Å². The van der Waals surface area contributed by atoms with E-state index in [2.05, 4.69) is 26.7 Å². The Balaban J connectivity index is 1.42. The first kappa shape index (κ1) is 28.7. The van der Waals surface area contributed by atoms with Crippen molar-refractivity contribution in [1.29, 1.82) is 5.26 Å². The lowest BCUT2D eigenvalue weighted by atomic mass is 10.1. The van der Waals surface area contributed by atoms with E-state index in [4.69, 9.17) is 15.9 Å². The molecule has 0 bridgehead atoms. The number of benzene rings is 3. The second kappa shape index (κ2) is 12.8. The summed E-state index contributed by atoms with van der Waals surface area (Å²) in [6.07, 6.45) is 1.07. The van der Waals surface area contributed by atoms with Crippen molar-refractivity contribution in [3.63, 3.8) is 0 Å². The number of hydrogen-bond donors (Lipinski definition) is 5. The summed E-state index contributed by atoms with van der Waals surface area (Å²) in [5, 5.41) is 25.3. The summed E-state index contributed by atoms with van der Waals surface area (Å²) in [7, 11) is 0. The van der Waals surface area contributed by atoms with Gasteiger partial charge in [-0.05, 0) is 55.3 Å². The first-order valence-corrected chi connectivity index (χ1v) is 13.5. The molecule has 0 saturated heterocycles. The first-order valence-electron chi connectivity index (χ1n) is 13.5. The molecule has 5 rings (SSSR count). The van der Waals surface area contributed by atoms with Gasteiger partial charge in [-0.2, -0.15) is 10.2 Å². The predicted octanol–water partition coefficient (Wildman–Crippen LogP) is 3.71. The number of nitrogens with one attached hydrogen (secondary N) is 3. The Morgan fingerprint density at radius 3 is 2.49 bits per heavy atom. The Kier molecular flexibility index (Phi) is 8.55. The Morgan fingerprint density at radius 2 is 1.77 bits per heavy atom. The van der Waals surface area contributed by atoms with Gasteiger partial charge < -0.3 is 16.4 Å². The van der Waals surface area contributed by atoms with Gasteiger partial charge in [0.15, 0.2) is 0 Å². The van der Waals surface area contributed by atoms with Crippen molar-refractivity contribution in [3.05, 3.63) is 111 Å². The van der Waals surface area contributed by atoms with Crippen LogP contribution in [0.25, 0.3) is 16.6 Å². The standard InChI is InChI=1S/C31H29N9O3/c1-19-23(17-32)28(38-31(33)36-19)34-16-6-11-26-37-25-10-5-9-24(27(25)30(42)40(26)22-7-3-2-4-8-22)35-18-20-12-14-21(15-13-20)29(41)39-43/h2-5,7-10,12-15,35,43H,6,11,16,18H2,1H3,(H,39,41)(H3,33,34,36,38). The van der Waals surface area contributed by atoms with E-state index in [1.165, 1.54) is 0 Å². The fourth-order valence-corrected chi connectivity index (χ4v) is 4.78. The van der Waals surface area contributed by atoms with E-state index >= 15 is 0 Å². The van der Waals surface area contributed by atoms with Gasteiger partial charge in [0.2, 0.25) is 5.95 Å². The molecule has 0 aliphatic carbocycles. The third-order valence-electron chi connectivity index (χ3n) is 6.87. The molecule has 5 aromatic rings. The highest BCUT2D eigenvalue weighted by molar-refractivity contribution is 5.93. The Morgan fingerprint density at radius 1 is 1.00 bits per heavy atom. The molecule has 216 valence electrons. The van der Waals surface area contributed by atoms with Gasteiger partial charge >= 0.3 is 0 Å². The lowest BCUT2D eigenvalue weighted by Crippen LogP contribution is -2.25. The molecule has 43 heavy (non-hydrogen) atoms. The Hall–Kier alpha value is -5.80. The van der Waals surface area contributed by atoms with E-state index in [0.717, 1.165) is 5.56 Å². The van der Waals surface area contributed by atoms with Crippen molar-refractivity contribution < 1.29 is 10.0 Å². The van der Waals surface area contributed by atoms with Crippen LogP contribution >= 0.6 is 0 Å². The lowest BCUT2D eigenvalue weighted by Gasteiger charge is -2.16. The minimum absolute atomic E-state index is 0.0867. The van der Waals surface area contributed by atoms with Crippen LogP contribution in [-0.4, -0.2) is 37.2 Å². The van der Waals surface area contributed by atoms with E-state index in [-0.39, 0.29) is 11.5 Å². The van der Waals surface area contributed by atoms with E-state index in [0.29, 0.717) is 76.7 Å². The van der Waals surface area contributed by atoms with Gasteiger partial charge in [-0.1, -0.05) is 36.4 Å². The highest BCUT2D eigenvalue weighted by Gasteiger charge is 2.16. The molecule has 0 aliphatic rings. The summed E-state index contributed by atoms with van der Waals surface area (Å²) >= 11 is 0. The van der Waals surface area contributed by atoms with Crippen LogP contribution in [0.1, 0.15) is 39.4 Å². The van der Waals surface area contributed by atoms with Crippen molar-refractivity contribution >= 4 is 34.3 Å². The molecule has 0 saturated carbocycles.